The second-order valence-electron chi connectivity index (χ2n) is 2.59. The Balaban J connectivity index is 0.000000396. The lowest BCUT2D eigenvalue weighted by atomic mass is 10.1. The van der Waals surface area contributed by atoms with Crippen LogP contribution in [0.5, 0.6) is 0 Å². The van der Waals surface area contributed by atoms with Gasteiger partial charge in [-0.25, -0.2) is 0 Å². The Morgan fingerprint density at radius 2 is 2.00 bits per heavy atom. The molecule has 2 heteroatoms. The smallest absolute Gasteiger partial charge is 0.0360 e. The molecule has 0 aliphatic carbocycles. The molecule has 1 aromatic carbocycles. The average Bonchev–Trinajstić information content (AvgIpc) is 2.21. The normalized spacial score (nSPS) is 12.2. The Labute approximate surface area is 84.4 Å². The predicted molar refractivity (Wildman–Crippen MR) is 60.6 cm³/mol. The summed E-state index contributed by atoms with van der Waals surface area (Å²) in [6.45, 7) is 6.11. The first-order valence-electron chi connectivity index (χ1n) is 4.56. The van der Waals surface area contributed by atoms with E-state index < -0.39 is 0 Å². The van der Waals surface area contributed by atoms with Crippen molar-refractivity contribution >= 4 is 18.0 Å². The van der Waals surface area contributed by atoms with Crippen LogP contribution >= 0.6 is 11.9 Å². The molecular weight excluding hydrogens is 178 g/mol. The van der Waals surface area contributed by atoms with Crippen molar-refractivity contribution in [2.75, 3.05) is 0 Å². The summed E-state index contributed by atoms with van der Waals surface area (Å²) in [5.41, 5.74) is 2.62. The van der Waals surface area contributed by atoms with Crippen LogP contribution in [0, 0.1) is 6.92 Å². The van der Waals surface area contributed by atoms with Gasteiger partial charge in [-0.05, 0) is 42.1 Å². The van der Waals surface area contributed by atoms with Crippen LogP contribution in [0.15, 0.2) is 29.3 Å². The van der Waals surface area contributed by atoms with E-state index in [1.165, 1.54) is 16.0 Å². The molecule has 0 saturated heterocycles. The topological polar surface area (TPSA) is 12.0 Å². The number of hydrogen-bond acceptors (Lipinski definition) is 2. The Morgan fingerprint density at radius 3 is 2.77 bits per heavy atom. The molecule has 2 rings (SSSR count). The summed E-state index contributed by atoms with van der Waals surface area (Å²) in [6.07, 6.45) is 4.05. The molecule has 0 aromatic heterocycles. The van der Waals surface area contributed by atoms with Gasteiger partial charge < -0.3 is 4.72 Å². The second-order valence-corrected chi connectivity index (χ2v) is 3.47. The molecule has 0 atom stereocenters. The lowest BCUT2D eigenvalue weighted by molar-refractivity contribution is 1.28. The van der Waals surface area contributed by atoms with Crippen LogP contribution in [-0.2, 0) is 0 Å². The minimum Gasteiger partial charge on any atom is -0.332 e. The lowest BCUT2D eigenvalue weighted by Crippen LogP contribution is -1.97. The van der Waals surface area contributed by atoms with Gasteiger partial charge in [-0.2, -0.15) is 0 Å². The van der Waals surface area contributed by atoms with E-state index in [1.54, 1.807) is 11.9 Å². The number of aryl methyl sites for hydroxylation is 1. The first-order valence-corrected chi connectivity index (χ1v) is 5.37. The molecule has 0 radical (unpaired) electrons. The molecule has 0 fully saturated rings. The van der Waals surface area contributed by atoms with Crippen molar-refractivity contribution in [1.82, 2.24) is 4.72 Å². The number of benzene rings is 1. The summed E-state index contributed by atoms with van der Waals surface area (Å²) >= 11 is 1.67. The van der Waals surface area contributed by atoms with Crippen LogP contribution in [0.3, 0.4) is 0 Å². The largest absolute Gasteiger partial charge is 0.332 e. The number of nitrogens with one attached hydrogen (secondary N) is 1. The summed E-state index contributed by atoms with van der Waals surface area (Å²) < 4.78 is 3.10. The summed E-state index contributed by atoms with van der Waals surface area (Å²) in [5, 5.41) is 0. The molecule has 0 unspecified atom stereocenters. The van der Waals surface area contributed by atoms with E-state index in [9.17, 15) is 0 Å². The zero-order valence-corrected chi connectivity index (χ0v) is 9.11. The standard InChI is InChI=1S/C9H9NS.C2H6/c1-7-2-3-8-4-5-10-11-9(8)6-7;1-2/h2-6,10H,1H3;1-2H3. The van der Waals surface area contributed by atoms with Crippen molar-refractivity contribution in [3.63, 3.8) is 0 Å². The van der Waals surface area contributed by atoms with Crippen molar-refractivity contribution < 1.29 is 0 Å². The van der Waals surface area contributed by atoms with Gasteiger partial charge in [0, 0.05) is 11.1 Å². The summed E-state index contributed by atoms with van der Waals surface area (Å²) in [6, 6.07) is 6.47. The van der Waals surface area contributed by atoms with Crippen molar-refractivity contribution in [2.45, 2.75) is 25.7 Å². The van der Waals surface area contributed by atoms with Crippen LogP contribution < -0.4 is 4.72 Å². The molecule has 0 spiro atoms. The monoisotopic (exact) mass is 193 g/mol. The lowest BCUT2D eigenvalue weighted by Gasteiger charge is -2.10. The van der Waals surface area contributed by atoms with E-state index in [4.69, 9.17) is 0 Å². The maximum absolute atomic E-state index is 3.10. The zero-order valence-electron chi connectivity index (χ0n) is 8.29. The molecule has 13 heavy (non-hydrogen) atoms. The minimum absolute atomic E-state index is 1.30. The highest BCUT2D eigenvalue weighted by molar-refractivity contribution is 7.97. The summed E-state index contributed by atoms with van der Waals surface area (Å²) in [7, 11) is 0. The molecule has 1 aliphatic rings. The Morgan fingerprint density at radius 1 is 1.23 bits per heavy atom. The summed E-state index contributed by atoms with van der Waals surface area (Å²) in [5.74, 6) is 0. The van der Waals surface area contributed by atoms with Crippen LogP contribution in [0.2, 0.25) is 0 Å². The molecule has 70 valence electrons. The third-order valence-corrected chi connectivity index (χ3v) is 2.50. The van der Waals surface area contributed by atoms with Gasteiger partial charge in [-0.3, -0.25) is 0 Å². The third-order valence-electron chi connectivity index (χ3n) is 1.67. The second kappa shape index (κ2) is 4.97. The van der Waals surface area contributed by atoms with Crippen molar-refractivity contribution in [3.8, 4) is 0 Å². The van der Waals surface area contributed by atoms with Crippen LogP contribution in [0.25, 0.3) is 6.08 Å². The van der Waals surface area contributed by atoms with Crippen molar-refractivity contribution in [1.29, 1.82) is 0 Å². The van der Waals surface area contributed by atoms with Gasteiger partial charge in [0.15, 0.2) is 0 Å². The van der Waals surface area contributed by atoms with Gasteiger partial charge >= 0.3 is 0 Å². The van der Waals surface area contributed by atoms with E-state index in [2.05, 4.69) is 35.9 Å². The van der Waals surface area contributed by atoms with E-state index in [1.807, 2.05) is 20.0 Å². The van der Waals surface area contributed by atoms with Gasteiger partial charge in [-0.15, -0.1) is 0 Å². The Hall–Kier alpha value is -0.890. The first kappa shape index (κ1) is 10.2. The number of fused-ring (bicyclic) bond motifs is 1. The van der Waals surface area contributed by atoms with E-state index in [0.717, 1.165) is 0 Å². The number of hydrogen-bond donors (Lipinski definition) is 1. The average molecular weight is 193 g/mol. The molecule has 1 nitrogen and oxygen atoms in total. The fraction of sp³-hybridized carbons (Fsp3) is 0.273. The van der Waals surface area contributed by atoms with Gasteiger partial charge in [0.1, 0.15) is 0 Å². The fourth-order valence-electron chi connectivity index (χ4n) is 1.09. The zero-order chi connectivity index (χ0) is 9.68. The van der Waals surface area contributed by atoms with E-state index in [0.29, 0.717) is 0 Å². The van der Waals surface area contributed by atoms with Crippen LogP contribution in [-0.4, -0.2) is 0 Å². The molecule has 0 bridgehead atoms. The molecule has 1 heterocycles. The molecule has 1 N–H and O–H groups in total. The maximum Gasteiger partial charge on any atom is 0.0360 e. The van der Waals surface area contributed by atoms with Crippen molar-refractivity contribution in [2.24, 2.45) is 0 Å². The molecular formula is C11H15NS. The van der Waals surface area contributed by atoms with Gasteiger partial charge in [0.25, 0.3) is 0 Å². The third kappa shape index (κ3) is 2.52. The highest BCUT2D eigenvalue weighted by atomic mass is 32.2. The number of rotatable bonds is 0. The van der Waals surface area contributed by atoms with E-state index >= 15 is 0 Å². The van der Waals surface area contributed by atoms with Crippen molar-refractivity contribution in [3.05, 3.63) is 35.5 Å². The first-order chi connectivity index (χ1) is 6.36. The maximum atomic E-state index is 3.10. The van der Waals surface area contributed by atoms with Crippen LogP contribution in [0.4, 0.5) is 0 Å². The van der Waals surface area contributed by atoms with Gasteiger partial charge in [-0.1, -0.05) is 26.0 Å². The quantitative estimate of drug-likeness (QED) is 0.632. The van der Waals surface area contributed by atoms with E-state index in [-0.39, 0.29) is 0 Å². The Bertz CT molecular complexity index is 305. The summed E-state index contributed by atoms with van der Waals surface area (Å²) in [4.78, 5) is 1.31. The predicted octanol–water partition coefficient (Wildman–Crippen LogP) is 3.60. The SMILES string of the molecule is CC.Cc1ccc2c(c1)SNC=C2. The minimum atomic E-state index is 1.30. The van der Waals surface area contributed by atoms with Crippen LogP contribution in [0.1, 0.15) is 25.0 Å². The molecule has 0 amide bonds. The highest BCUT2D eigenvalue weighted by Crippen LogP contribution is 2.25. The molecule has 1 aromatic rings. The molecule has 1 aliphatic heterocycles. The fourth-order valence-corrected chi connectivity index (χ4v) is 1.85. The Kier molecular flexibility index (Phi) is 3.90. The highest BCUT2D eigenvalue weighted by Gasteiger charge is 2.02. The molecule has 0 saturated carbocycles. The van der Waals surface area contributed by atoms with Gasteiger partial charge in [0.2, 0.25) is 0 Å². The van der Waals surface area contributed by atoms with Gasteiger partial charge in [0.05, 0.1) is 0 Å².